The molecule has 4 N–H and O–H groups in total. The van der Waals surface area contributed by atoms with E-state index in [0.29, 0.717) is 18.7 Å². The molecule has 22 heavy (non-hydrogen) atoms. The summed E-state index contributed by atoms with van der Waals surface area (Å²) in [6, 6.07) is 6.47. The van der Waals surface area contributed by atoms with Gasteiger partial charge in [-0.25, -0.2) is 0 Å². The minimum absolute atomic E-state index is 0. The Kier molecular flexibility index (Phi) is 9.98. The van der Waals surface area contributed by atoms with Gasteiger partial charge in [0, 0.05) is 5.69 Å². The van der Waals surface area contributed by atoms with Gasteiger partial charge in [0.1, 0.15) is 5.75 Å². The number of ether oxygens (including phenoxy) is 1. The number of benzene rings is 1. The minimum Gasteiger partial charge on any atom is -0.494 e. The molecule has 1 aromatic rings. The van der Waals surface area contributed by atoms with Crippen molar-refractivity contribution in [2.75, 3.05) is 18.5 Å². The average molecular weight is 330 g/mol. The summed E-state index contributed by atoms with van der Waals surface area (Å²) in [5, 5.41) is 5.21. The zero-order valence-corrected chi connectivity index (χ0v) is 13.7. The lowest BCUT2D eigenvalue weighted by molar-refractivity contribution is -0.125. The lowest BCUT2D eigenvalue weighted by Crippen LogP contribution is -2.43. The maximum absolute atomic E-state index is 11.7. The van der Waals surface area contributed by atoms with Crippen molar-refractivity contribution >= 4 is 29.9 Å². The Labute approximate surface area is 137 Å². The topological polar surface area (TPSA) is 93.5 Å². The van der Waals surface area contributed by atoms with Crippen molar-refractivity contribution in [1.29, 1.82) is 0 Å². The molecule has 0 aromatic heterocycles. The van der Waals surface area contributed by atoms with Crippen LogP contribution >= 0.6 is 12.4 Å². The normalized spacial score (nSPS) is 11.0. The number of amides is 2. The van der Waals surface area contributed by atoms with Crippen molar-refractivity contribution in [1.82, 2.24) is 5.32 Å². The molecule has 124 valence electrons. The maximum atomic E-state index is 11.7. The fourth-order valence-corrected chi connectivity index (χ4v) is 1.75. The molecule has 0 aliphatic heterocycles. The van der Waals surface area contributed by atoms with Gasteiger partial charge in [-0.15, -0.1) is 12.4 Å². The highest BCUT2D eigenvalue weighted by Crippen LogP contribution is 2.15. The molecule has 7 heteroatoms. The van der Waals surface area contributed by atoms with Crippen molar-refractivity contribution in [3.63, 3.8) is 0 Å². The molecule has 0 fully saturated rings. The Morgan fingerprint density at radius 3 is 2.41 bits per heavy atom. The molecule has 0 bridgehead atoms. The smallest absolute Gasteiger partial charge is 0.243 e. The summed E-state index contributed by atoms with van der Waals surface area (Å²) in [6.45, 7) is 4.35. The van der Waals surface area contributed by atoms with Crippen LogP contribution in [0.3, 0.4) is 0 Å². The summed E-state index contributed by atoms with van der Waals surface area (Å²) < 4.78 is 5.31. The number of carbonyl (C=O) groups is 2. The van der Waals surface area contributed by atoms with E-state index < -0.39 is 6.04 Å². The predicted molar refractivity (Wildman–Crippen MR) is 89.4 cm³/mol. The van der Waals surface area contributed by atoms with E-state index in [4.69, 9.17) is 10.5 Å². The molecule has 0 saturated heterocycles. The minimum atomic E-state index is -0.562. The van der Waals surface area contributed by atoms with E-state index in [2.05, 4.69) is 10.6 Å². The molecule has 0 spiro atoms. The van der Waals surface area contributed by atoms with Crippen LogP contribution in [0.5, 0.6) is 5.75 Å². The summed E-state index contributed by atoms with van der Waals surface area (Å²) in [5.41, 5.74) is 6.30. The Hall–Kier alpha value is -1.79. The Balaban J connectivity index is 0.00000441. The van der Waals surface area contributed by atoms with Crippen LogP contribution in [0, 0.1) is 0 Å². The summed E-state index contributed by atoms with van der Waals surface area (Å²) in [4.78, 5) is 23.3. The molecule has 6 nitrogen and oxygen atoms in total. The monoisotopic (exact) mass is 329 g/mol. The van der Waals surface area contributed by atoms with Crippen molar-refractivity contribution in [3.05, 3.63) is 24.3 Å². The predicted octanol–water partition coefficient (Wildman–Crippen LogP) is 1.69. The Morgan fingerprint density at radius 1 is 1.23 bits per heavy atom. The summed E-state index contributed by atoms with van der Waals surface area (Å²) in [5.74, 6) is 0.143. The molecule has 1 atom stereocenters. The van der Waals surface area contributed by atoms with Gasteiger partial charge in [-0.2, -0.15) is 0 Å². The number of anilines is 1. The highest BCUT2D eigenvalue weighted by Gasteiger charge is 2.13. The molecule has 0 aliphatic rings. The van der Waals surface area contributed by atoms with Crippen LogP contribution in [0.4, 0.5) is 5.69 Å². The number of hydrogen-bond donors (Lipinski definition) is 3. The van der Waals surface area contributed by atoms with E-state index in [-0.39, 0.29) is 30.8 Å². The van der Waals surface area contributed by atoms with Crippen LogP contribution < -0.4 is 21.1 Å². The second-order valence-electron chi connectivity index (χ2n) is 4.62. The molecule has 0 aliphatic carbocycles. The molecule has 0 radical (unpaired) electrons. The first-order chi connectivity index (χ1) is 10.1. The van der Waals surface area contributed by atoms with Gasteiger partial charge >= 0.3 is 0 Å². The van der Waals surface area contributed by atoms with Crippen molar-refractivity contribution in [2.24, 2.45) is 5.73 Å². The van der Waals surface area contributed by atoms with E-state index >= 15 is 0 Å². The second-order valence-corrected chi connectivity index (χ2v) is 4.62. The van der Waals surface area contributed by atoms with E-state index in [1.54, 1.807) is 24.3 Å². The van der Waals surface area contributed by atoms with Crippen molar-refractivity contribution in [3.8, 4) is 5.75 Å². The third kappa shape index (κ3) is 7.28. The molecular formula is C15H24ClN3O3. The van der Waals surface area contributed by atoms with Gasteiger partial charge < -0.3 is 21.1 Å². The number of halogens is 1. The summed E-state index contributed by atoms with van der Waals surface area (Å²) >= 11 is 0. The number of rotatable bonds is 8. The molecule has 1 unspecified atom stereocenters. The molecular weight excluding hydrogens is 306 g/mol. The third-order valence-electron chi connectivity index (χ3n) is 2.81. The number of nitrogens with two attached hydrogens (primary N) is 1. The van der Waals surface area contributed by atoms with Crippen molar-refractivity contribution in [2.45, 2.75) is 32.7 Å². The van der Waals surface area contributed by atoms with Crippen LogP contribution in [-0.2, 0) is 9.59 Å². The fourth-order valence-electron chi connectivity index (χ4n) is 1.75. The quantitative estimate of drug-likeness (QED) is 0.676. The average Bonchev–Trinajstić information content (AvgIpc) is 2.47. The fraction of sp³-hybridized carbons (Fsp3) is 0.467. The van der Waals surface area contributed by atoms with E-state index in [0.717, 1.165) is 12.2 Å². The van der Waals surface area contributed by atoms with Crippen LogP contribution in [0.15, 0.2) is 24.3 Å². The number of carbonyl (C=O) groups excluding carboxylic acids is 2. The van der Waals surface area contributed by atoms with E-state index in [9.17, 15) is 9.59 Å². The van der Waals surface area contributed by atoms with Gasteiger partial charge in [-0.05, 0) is 37.6 Å². The molecule has 2 amide bonds. The maximum Gasteiger partial charge on any atom is 0.243 e. The summed E-state index contributed by atoms with van der Waals surface area (Å²) in [7, 11) is 0. The first-order valence-electron chi connectivity index (χ1n) is 7.12. The van der Waals surface area contributed by atoms with Gasteiger partial charge in [-0.1, -0.05) is 13.3 Å². The van der Waals surface area contributed by atoms with E-state index in [1.807, 2.05) is 13.8 Å². The van der Waals surface area contributed by atoms with Crippen LogP contribution in [0.25, 0.3) is 0 Å². The van der Waals surface area contributed by atoms with Gasteiger partial charge in [-0.3, -0.25) is 9.59 Å². The SMILES string of the molecule is CCCC(N)C(=O)NCC(=O)Nc1ccc(OCC)cc1.Cl. The van der Waals surface area contributed by atoms with Crippen molar-refractivity contribution < 1.29 is 14.3 Å². The Morgan fingerprint density at radius 2 is 1.86 bits per heavy atom. The van der Waals surface area contributed by atoms with Crippen LogP contribution in [-0.4, -0.2) is 31.0 Å². The third-order valence-corrected chi connectivity index (χ3v) is 2.81. The molecule has 1 rings (SSSR count). The Bertz CT molecular complexity index is 466. The summed E-state index contributed by atoms with van der Waals surface area (Å²) in [6.07, 6.45) is 1.43. The largest absolute Gasteiger partial charge is 0.494 e. The van der Waals surface area contributed by atoms with Gasteiger partial charge in [0.15, 0.2) is 0 Å². The first kappa shape index (κ1) is 20.2. The lowest BCUT2D eigenvalue weighted by Gasteiger charge is -2.11. The second kappa shape index (κ2) is 10.9. The lowest BCUT2D eigenvalue weighted by atomic mass is 10.2. The zero-order valence-electron chi connectivity index (χ0n) is 12.9. The van der Waals surface area contributed by atoms with E-state index in [1.165, 1.54) is 0 Å². The molecule has 0 heterocycles. The molecule has 0 saturated carbocycles. The van der Waals surface area contributed by atoms with Crippen LogP contribution in [0.1, 0.15) is 26.7 Å². The highest BCUT2D eigenvalue weighted by atomic mass is 35.5. The van der Waals surface area contributed by atoms with Gasteiger partial charge in [0.05, 0.1) is 19.2 Å². The number of nitrogens with one attached hydrogen (secondary N) is 2. The van der Waals surface area contributed by atoms with Crippen LogP contribution in [0.2, 0.25) is 0 Å². The molecule has 1 aromatic carbocycles. The zero-order chi connectivity index (χ0) is 15.7. The van der Waals surface area contributed by atoms with Gasteiger partial charge in [0.25, 0.3) is 0 Å². The van der Waals surface area contributed by atoms with Gasteiger partial charge in [0.2, 0.25) is 11.8 Å². The number of hydrogen-bond acceptors (Lipinski definition) is 4. The standard InChI is InChI=1S/C15H23N3O3.ClH/c1-3-5-13(16)15(20)17-10-14(19)18-11-6-8-12(9-7-11)21-4-2;/h6-9,13H,3-5,10,16H2,1-2H3,(H,17,20)(H,18,19);1H. The highest BCUT2D eigenvalue weighted by molar-refractivity contribution is 5.95. The first-order valence-corrected chi connectivity index (χ1v) is 7.12.